The molecule has 1 heterocycles. The van der Waals surface area contributed by atoms with Crippen LogP contribution in [0.3, 0.4) is 0 Å². The monoisotopic (exact) mass is 326 g/mol. The van der Waals surface area contributed by atoms with Crippen LogP contribution in [0.1, 0.15) is 13.3 Å². The molecule has 0 unspecified atom stereocenters. The van der Waals surface area contributed by atoms with Gasteiger partial charge in [-0.3, -0.25) is 0 Å². The molecule has 2 rings (SSSR count). The van der Waals surface area contributed by atoms with E-state index in [9.17, 15) is 4.79 Å². The first-order chi connectivity index (χ1) is 10.6. The lowest BCUT2D eigenvalue weighted by molar-refractivity contribution is -0.250. The largest absolute Gasteiger partial charge is 0.495 e. The smallest absolute Gasteiger partial charge is 0.319 e. The summed E-state index contributed by atoms with van der Waals surface area (Å²) < 4.78 is 16.4. The highest BCUT2D eigenvalue weighted by molar-refractivity contribution is 7.98. The zero-order valence-corrected chi connectivity index (χ0v) is 13.9. The number of hydrogen-bond donors (Lipinski definition) is 2. The summed E-state index contributed by atoms with van der Waals surface area (Å²) in [5.74, 6) is -0.138. The molecule has 1 aliphatic heterocycles. The number of nitrogens with one attached hydrogen (secondary N) is 2. The Bertz CT molecular complexity index is 518. The summed E-state index contributed by atoms with van der Waals surface area (Å²) in [7, 11) is 1.58. The molecule has 0 bridgehead atoms. The molecule has 1 aromatic rings. The number of benzene rings is 1. The van der Waals surface area contributed by atoms with E-state index in [1.807, 2.05) is 31.4 Å². The van der Waals surface area contributed by atoms with Crippen molar-refractivity contribution in [3.8, 4) is 5.75 Å². The van der Waals surface area contributed by atoms with Crippen LogP contribution in [-0.2, 0) is 9.47 Å². The first kappa shape index (κ1) is 16.9. The summed E-state index contributed by atoms with van der Waals surface area (Å²) in [6.45, 7) is 3.39. The van der Waals surface area contributed by atoms with Crippen molar-refractivity contribution in [2.45, 2.75) is 24.0 Å². The first-order valence-electron chi connectivity index (χ1n) is 7.11. The van der Waals surface area contributed by atoms with Gasteiger partial charge in [-0.15, -0.1) is 11.8 Å². The fourth-order valence-corrected chi connectivity index (χ4v) is 2.52. The van der Waals surface area contributed by atoms with Gasteiger partial charge in [0.2, 0.25) is 0 Å². The summed E-state index contributed by atoms with van der Waals surface area (Å²) in [6.07, 6.45) is 2.86. The van der Waals surface area contributed by atoms with Crippen molar-refractivity contribution >= 4 is 23.5 Å². The van der Waals surface area contributed by atoms with E-state index < -0.39 is 5.79 Å². The third-order valence-electron chi connectivity index (χ3n) is 3.33. The topological polar surface area (TPSA) is 68.8 Å². The number of amides is 2. The maximum atomic E-state index is 12.0. The van der Waals surface area contributed by atoms with Crippen LogP contribution < -0.4 is 15.4 Å². The van der Waals surface area contributed by atoms with Gasteiger partial charge in [-0.25, -0.2) is 4.79 Å². The molecule has 2 N–H and O–H groups in total. The number of methoxy groups -OCH3 is 1. The van der Waals surface area contributed by atoms with E-state index in [1.165, 1.54) is 0 Å². The van der Waals surface area contributed by atoms with Crippen LogP contribution in [0.25, 0.3) is 0 Å². The molecule has 6 nitrogen and oxygen atoms in total. The quantitative estimate of drug-likeness (QED) is 0.814. The van der Waals surface area contributed by atoms with Gasteiger partial charge in [-0.05, 0) is 37.8 Å². The molecule has 1 aromatic carbocycles. The molecule has 122 valence electrons. The fourth-order valence-electron chi connectivity index (χ4n) is 2.09. The number of urea groups is 1. The molecule has 0 spiro atoms. The van der Waals surface area contributed by atoms with Gasteiger partial charge in [0, 0.05) is 4.90 Å². The Kier molecular flexibility index (Phi) is 5.93. The van der Waals surface area contributed by atoms with Crippen molar-refractivity contribution in [3.63, 3.8) is 0 Å². The van der Waals surface area contributed by atoms with Crippen molar-refractivity contribution in [2.75, 3.05) is 38.4 Å². The highest BCUT2D eigenvalue weighted by atomic mass is 32.2. The van der Waals surface area contributed by atoms with Crippen LogP contribution in [-0.4, -0.2) is 44.9 Å². The van der Waals surface area contributed by atoms with Crippen LogP contribution >= 0.6 is 11.8 Å². The van der Waals surface area contributed by atoms with Gasteiger partial charge in [0.1, 0.15) is 5.75 Å². The molecule has 7 heteroatoms. The molecular formula is C15H22N2O4S. The lowest BCUT2D eigenvalue weighted by atomic mass is 10.2. The molecule has 1 aliphatic rings. The van der Waals surface area contributed by atoms with Crippen molar-refractivity contribution in [2.24, 2.45) is 0 Å². The predicted molar refractivity (Wildman–Crippen MR) is 86.7 cm³/mol. The Labute approximate surface area is 134 Å². The van der Waals surface area contributed by atoms with E-state index in [0.29, 0.717) is 24.7 Å². The Morgan fingerprint density at radius 2 is 2.14 bits per heavy atom. The van der Waals surface area contributed by atoms with E-state index in [-0.39, 0.29) is 12.6 Å². The lowest BCUT2D eigenvalue weighted by Gasteiger charge is -2.33. The third-order valence-corrected chi connectivity index (χ3v) is 4.06. The number of rotatable bonds is 5. The van der Waals surface area contributed by atoms with Gasteiger partial charge in [0.15, 0.2) is 5.79 Å². The first-order valence-corrected chi connectivity index (χ1v) is 8.33. The minimum atomic E-state index is -0.762. The third kappa shape index (κ3) is 4.53. The van der Waals surface area contributed by atoms with Crippen molar-refractivity contribution in [1.82, 2.24) is 5.32 Å². The molecular weight excluding hydrogens is 304 g/mol. The van der Waals surface area contributed by atoms with E-state index >= 15 is 0 Å². The van der Waals surface area contributed by atoms with Gasteiger partial charge in [0.25, 0.3) is 0 Å². The lowest BCUT2D eigenvalue weighted by Crippen LogP contribution is -2.48. The molecule has 0 aliphatic carbocycles. The Morgan fingerprint density at radius 1 is 1.41 bits per heavy atom. The Morgan fingerprint density at radius 3 is 2.77 bits per heavy atom. The normalized spacial score (nSPS) is 16.9. The SMILES string of the molecule is COc1cc(SC)ccc1NC(=O)NCC1(C)OCCCO1. The Balaban J connectivity index is 1.91. The van der Waals surface area contributed by atoms with Crippen LogP contribution in [0.15, 0.2) is 23.1 Å². The van der Waals surface area contributed by atoms with Crippen LogP contribution in [0.5, 0.6) is 5.75 Å². The van der Waals surface area contributed by atoms with E-state index in [2.05, 4.69) is 10.6 Å². The van der Waals surface area contributed by atoms with Crippen molar-refractivity contribution in [1.29, 1.82) is 0 Å². The summed E-state index contributed by atoms with van der Waals surface area (Å²) >= 11 is 1.61. The second kappa shape index (κ2) is 7.71. The molecule has 2 amide bonds. The predicted octanol–water partition coefficient (Wildman–Crippen LogP) is 2.69. The number of thioether (sulfide) groups is 1. The highest BCUT2D eigenvalue weighted by Crippen LogP contribution is 2.29. The summed E-state index contributed by atoms with van der Waals surface area (Å²) in [5, 5.41) is 5.53. The number of hydrogen-bond acceptors (Lipinski definition) is 5. The minimum absolute atomic E-state index is 0.282. The fraction of sp³-hybridized carbons (Fsp3) is 0.533. The van der Waals surface area contributed by atoms with Crippen molar-refractivity contribution in [3.05, 3.63) is 18.2 Å². The van der Waals surface area contributed by atoms with E-state index in [0.717, 1.165) is 11.3 Å². The molecule has 0 radical (unpaired) electrons. The maximum absolute atomic E-state index is 12.0. The summed E-state index contributed by atoms with van der Waals surface area (Å²) in [4.78, 5) is 13.1. The van der Waals surface area contributed by atoms with E-state index in [4.69, 9.17) is 14.2 Å². The summed E-state index contributed by atoms with van der Waals surface area (Å²) in [6, 6.07) is 5.31. The number of carbonyl (C=O) groups excluding carboxylic acids is 1. The summed E-state index contributed by atoms with van der Waals surface area (Å²) in [5.41, 5.74) is 0.619. The second-order valence-corrected chi connectivity index (χ2v) is 5.94. The van der Waals surface area contributed by atoms with Gasteiger partial charge in [-0.1, -0.05) is 0 Å². The van der Waals surface area contributed by atoms with Crippen molar-refractivity contribution < 1.29 is 19.0 Å². The Hall–Kier alpha value is -1.44. The standard InChI is InChI=1S/C15H22N2O4S/c1-15(20-7-4-8-21-15)10-16-14(18)17-12-6-5-11(22-3)9-13(12)19-2/h5-6,9H,4,7-8,10H2,1-3H3,(H2,16,17,18). The van der Waals surface area contributed by atoms with Gasteiger partial charge < -0.3 is 24.8 Å². The maximum Gasteiger partial charge on any atom is 0.319 e. The average Bonchev–Trinajstić information content (AvgIpc) is 2.54. The van der Waals surface area contributed by atoms with Crippen LogP contribution in [0.4, 0.5) is 10.5 Å². The number of carbonyl (C=O) groups is 1. The van der Waals surface area contributed by atoms with Gasteiger partial charge >= 0.3 is 6.03 Å². The van der Waals surface area contributed by atoms with Crippen LogP contribution in [0, 0.1) is 0 Å². The van der Waals surface area contributed by atoms with Crippen LogP contribution in [0.2, 0.25) is 0 Å². The van der Waals surface area contributed by atoms with E-state index in [1.54, 1.807) is 18.9 Å². The molecule has 1 saturated heterocycles. The number of ether oxygens (including phenoxy) is 3. The molecule has 22 heavy (non-hydrogen) atoms. The zero-order valence-electron chi connectivity index (χ0n) is 13.1. The molecule has 1 fully saturated rings. The molecule has 0 saturated carbocycles. The zero-order chi connectivity index (χ0) is 16.0. The van der Waals surface area contributed by atoms with Gasteiger partial charge in [0.05, 0.1) is 32.6 Å². The average molecular weight is 326 g/mol. The second-order valence-electron chi connectivity index (χ2n) is 5.06. The minimum Gasteiger partial charge on any atom is -0.495 e. The molecule has 0 aromatic heterocycles. The molecule has 0 atom stereocenters. The highest BCUT2D eigenvalue weighted by Gasteiger charge is 2.29. The number of anilines is 1. The van der Waals surface area contributed by atoms with Gasteiger partial charge in [-0.2, -0.15) is 0 Å².